The van der Waals surface area contributed by atoms with Crippen molar-refractivity contribution in [2.24, 2.45) is 0 Å². The molecule has 0 saturated carbocycles. The fourth-order valence-electron chi connectivity index (χ4n) is 0. The molecule has 0 aliphatic rings. The molecule has 12 N–H and O–H groups in total. The summed E-state index contributed by atoms with van der Waals surface area (Å²) in [5.41, 5.74) is 0. The molecule has 0 bridgehead atoms. The number of carbonyl (C=O) groups excluding carboxylic acids is 2. The van der Waals surface area contributed by atoms with E-state index >= 15 is 0 Å². The van der Waals surface area contributed by atoms with E-state index < -0.39 is 24.3 Å². The van der Waals surface area contributed by atoms with E-state index in [-0.39, 0.29) is 49.3 Å². The Balaban J connectivity index is -0.0000000147. The molecule has 0 heterocycles. The van der Waals surface area contributed by atoms with Gasteiger partial charge in [0.25, 0.3) is 0 Å². The number of halogens is 6. The van der Waals surface area contributed by atoms with Gasteiger partial charge in [-0.15, -0.1) is 0 Å². The third-order valence-electron chi connectivity index (χ3n) is 0.463. The van der Waals surface area contributed by atoms with E-state index in [1.54, 1.807) is 0 Å². The van der Waals surface area contributed by atoms with Gasteiger partial charge in [0.05, 0.1) is 0 Å². The molecular formula is C4H12F6NiO10. The van der Waals surface area contributed by atoms with Crippen molar-refractivity contribution < 1.29 is 95.5 Å². The van der Waals surface area contributed by atoms with E-state index in [0.717, 1.165) is 0 Å². The van der Waals surface area contributed by atoms with Crippen LogP contribution in [0.5, 0.6) is 0 Å². The Kier molecular flexibility index (Phi) is 60.3. The standard InChI is InChI=1S/2C2HF3O2.Ni.6H2O/c2*3-2(4,5)1(6)7;;;;;;;/h2*(H,6,7);;6*1H2/q;;+2;;;;;;/p-2. The quantitative estimate of drug-likeness (QED) is 0.287. The average molecular weight is 393 g/mol. The number of rotatable bonds is 0. The van der Waals surface area contributed by atoms with Crippen LogP contribution in [0.3, 0.4) is 0 Å². The maximum absolute atomic E-state index is 10.5. The summed E-state index contributed by atoms with van der Waals surface area (Å²) in [6.07, 6.45) is -10.4. The molecule has 0 unspecified atom stereocenters. The van der Waals surface area contributed by atoms with E-state index in [4.69, 9.17) is 19.8 Å². The summed E-state index contributed by atoms with van der Waals surface area (Å²) < 4.78 is 63.1. The number of hydrogen-bond donors (Lipinski definition) is 0. The molecule has 0 spiro atoms. The Morgan fingerprint density at radius 2 is 0.619 bits per heavy atom. The third kappa shape index (κ3) is 45.5. The van der Waals surface area contributed by atoms with Crippen molar-refractivity contribution in [3.8, 4) is 0 Å². The number of carbonyl (C=O) groups is 2. The first kappa shape index (κ1) is 60.0. The fourth-order valence-corrected chi connectivity index (χ4v) is 0. The summed E-state index contributed by atoms with van der Waals surface area (Å²) in [5, 5.41) is 17.6. The van der Waals surface area contributed by atoms with Crippen LogP contribution in [0, 0.1) is 0 Å². The van der Waals surface area contributed by atoms with Crippen LogP contribution in [-0.2, 0) is 26.1 Å². The molecule has 0 atom stereocenters. The van der Waals surface area contributed by atoms with Gasteiger partial charge in [-0.2, -0.15) is 26.3 Å². The SMILES string of the molecule is O.O.O.O.O.O.O=C([O-])C(F)(F)F.O=C([O-])C(F)(F)F.[Ni+2]. The molecule has 0 saturated heterocycles. The van der Waals surface area contributed by atoms with E-state index in [1.165, 1.54) is 0 Å². The molecule has 0 fully saturated rings. The van der Waals surface area contributed by atoms with E-state index in [9.17, 15) is 26.3 Å². The van der Waals surface area contributed by atoms with Crippen molar-refractivity contribution in [1.82, 2.24) is 0 Å². The van der Waals surface area contributed by atoms with Crippen LogP contribution in [0.1, 0.15) is 0 Å². The maximum Gasteiger partial charge on any atom is 2.00 e. The van der Waals surface area contributed by atoms with Gasteiger partial charge < -0.3 is 52.7 Å². The third-order valence-corrected chi connectivity index (χ3v) is 0.463. The summed E-state index contributed by atoms with van der Waals surface area (Å²) in [7, 11) is 0. The molecule has 21 heavy (non-hydrogen) atoms. The average Bonchev–Trinajstić information content (AvgIpc) is 1.83. The van der Waals surface area contributed by atoms with Crippen molar-refractivity contribution in [2.45, 2.75) is 12.4 Å². The van der Waals surface area contributed by atoms with E-state index in [0.29, 0.717) is 0 Å². The molecule has 0 aliphatic carbocycles. The van der Waals surface area contributed by atoms with Gasteiger partial charge in [-0.25, -0.2) is 0 Å². The van der Waals surface area contributed by atoms with Gasteiger partial charge in [-0.05, 0) is 0 Å². The molecule has 0 amide bonds. The van der Waals surface area contributed by atoms with Crippen molar-refractivity contribution in [2.75, 3.05) is 0 Å². The first-order chi connectivity index (χ1) is 5.89. The summed E-state index contributed by atoms with van der Waals surface area (Å²) in [6, 6.07) is 0. The first-order valence-electron chi connectivity index (χ1n) is 2.45. The Morgan fingerprint density at radius 3 is 0.619 bits per heavy atom. The zero-order valence-corrected chi connectivity index (χ0v) is 10.2. The molecule has 0 aromatic rings. The predicted molar refractivity (Wildman–Crippen MR) is 43.8 cm³/mol. The molecule has 0 aliphatic heterocycles. The summed E-state index contributed by atoms with van der Waals surface area (Å²) >= 11 is 0. The molecule has 0 rings (SSSR count). The number of carboxylic acid groups (broad SMARTS) is 2. The summed E-state index contributed by atoms with van der Waals surface area (Å²) in [5.74, 6) is -6.01. The zero-order valence-electron chi connectivity index (χ0n) is 9.22. The second-order valence-corrected chi connectivity index (χ2v) is 1.57. The minimum Gasteiger partial charge on any atom is -0.542 e. The van der Waals surface area contributed by atoms with E-state index in [2.05, 4.69) is 0 Å². The van der Waals surface area contributed by atoms with Gasteiger partial charge in [-0.1, -0.05) is 0 Å². The molecule has 0 radical (unpaired) electrons. The second-order valence-electron chi connectivity index (χ2n) is 1.57. The molecule has 17 heteroatoms. The predicted octanol–water partition coefficient (Wildman–Crippen LogP) is -6.35. The minimum atomic E-state index is -5.19. The smallest absolute Gasteiger partial charge is 0.542 e. The van der Waals surface area contributed by atoms with Gasteiger partial charge in [0.1, 0.15) is 11.9 Å². The minimum absolute atomic E-state index is 0. The molecular weight excluding hydrogens is 381 g/mol. The Bertz CT molecular complexity index is 205. The van der Waals surface area contributed by atoms with Gasteiger partial charge in [-0.3, -0.25) is 0 Å². The number of aliphatic carboxylic acids is 2. The molecule has 0 aromatic carbocycles. The first-order valence-corrected chi connectivity index (χ1v) is 2.45. The van der Waals surface area contributed by atoms with Crippen molar-refractivity contribution in [3.63, 3.8) is 0 Å². The van der Waals surface area contributed by atoms with Crippen LogP contribution in [0.25, 0.3) is 0 Å². The van der Waals surface area contributed by atoms with E-state index in [1.807, 2.05) is 0 Å². The summed E-state index contributed by atoms with van der Waals surface area (Å²) in [4.78, 5) is 17.6. The van der Waals surface area contributed by atoms with Gasteiger partial charge in [0.15, 0.2) is 0 Å². The van der Waals surface area contributed by atoms with Gasteiger partial charge in [0.2, 0.25) is 0 Å². The zero-order chi connectivity index (χ0) is 12.2. The number of carboxylic acids is 2. The van der Waals surface area contributed by atoms with Gasteiger partial charge in [0, 0.05) is 0 Å². The molecule has 0 aromatic heterocycles. The molecule has 10 nitrogen and oxygen atoms in total. The van der Waals surface area contributed by atoms with Gasteiger partial charge >= 0.3 is 28.8 Å². The molecule has 140 valence electrons. The van der Waals surface area contributed by atoms with Crippen LogP contribution >= 0.6 is 0 Å². The Morgan fingerprint density at radius 1 is 0.571 bits per heavy atom. The largest absolute Gasteiger partial charge is 2.00 e. The maximum atomic E-state index is 10.5. The van der Waals surface area contributed by atoms with Crippen molar-refractivity contribution >= 4 is 11.9 Å². The number of hydrogen-bond acceptors (Lipinski definition) is 4. The van der Waals surface area contributed by atoms with Crippen molar-refractivity contribution in [3.05, 3.63) is 0 Å². The second kappa shape index (κ2) is 21.1. The normalized spacial score (nSPS) is 7.52. The van der Waals surface area contributed by atoms with Crippen LogP contribution in [0.4, 0.5) is 26.3 Å². The van der Waals surface area contributed by atoms with Crippen molar-refractivity contribution in [1.29, 1.82) is 0 Å². The Hall–Kier alpha value is -1.23. The van der Waals surface area contributed by atoms with Crippen LogP contribution in [0.15, 0.2) is 0 Å². The monoisotopic (exact) mass is 392 g/mol. The number of alkyl halides is 6. The van der Waals surface area contributed by atoms with Crippen LogP contribution < -0.4 is 10.2 Å². The Labute approximate surface area is 121 Å². The topological polar surface area (TPSA) is 269 Å². The van der Waals surface area contributed by atoms with Crippen LogP contribution in [0.2, 0.25) is 0 Å². The van der Waals surface area contributed by atoms with Crippen LogP contribution in [-0.4, -0.2) is 57.1 Å². The summed E-state index contributed by atoms with van der Waals surface area (Å²) in [6.45, 7) is 0. The fraction of sp³-hybridized carbons (Fsp3) is 0.500.